The number of aliphatic hydroxyl groups is 1. The van der Waals surface area contributed by atoms with Crippen molar-refractivity contribution >= 4 is 0 Å². The van der Waals surface area contributed by atoms with Gasteiger partial charge in [0.25, 0.3) is 0 Å². The van der Waals surface area contributed by atoms with Crippen LogP contribution in [0, 0.1) is 18.2 Å². The van der Waals surface area contributed by atoms with Gasteiger partial charge in [-0.1, -0.05) is 13.0 Å². The summed E-state index contributed by atoms with van der Waals surface area (Å²) in [4.78, 5) is 0. The van der Waals surface area contributed by atoms with E-state index in [2.05, 4.69) is 0 Å². The molecule has 0 saturated carbocycles. The molecule has 1 aromatic rings. The highest BCUT2D eigenvalue weighted by Crippen LogP contribution is 2.27. The van der Waals surface area contributed by atoms with Crippen molar-refractivity contribution < 1.29 is 9.50 Å². The molecule has 0 aromatic heterocycles. The van der Waals surface area contributed by atoms with Crippen LogP contribution in [-0.4, -0.2) is 17.8 Å². The predicted octanol–water partition coefficient (Wildman–Crippen LogP) is 2.02. The van der Waals surface area contributed by atoms with Crippen molar-refractivity contribution in [3.8, 4) is 0 Å². The standard InChI is InChI=1S/C13H20FNO/c1-9-6-12(14)5-4-11(9)7-13(3,8-15)10(2)16/h4-6,10,16H,7-8,15H2,1-3H3. The Bertz CT molecular complexity index is 365. The van der Waals surface area contributed by atoms with E-state index in [0.717, 1.165) is 11.1 Å². The van der Waals surface area contributed by atoms with E-state index in [1.165, 1.54) is 12.1 Å². The number of aryl methyl sites for hydroxylation is 1. The van der Waals surface area contributed by atoms with Crippen molar-refractivity contribution in [2.45, 2.75) is 33.3 Å². The Morgan fingerprint density at radius 2 is 2.12 bits per heavy atom. The second kappa shape index (κ2) is 4.93. The van der Waals surface area contributed by atoms with Crippen LogP contribution in [-0.2, 0) is 6.42 Å². The average Bonchev–Trinajstić information content (AvgIpc) is 2.22. The summed E-state index contributed by atoms with van der Waals surface area (Å²) < 4.78 is 12.9. The number of nitrogens with two attached hydrogens (primary N) is 1. The first kappa shape index (κ1) is 13.1. The van der Waals surface area contributed by atoms with E-state index in [0.29, 0.717) is 13.0 Å². The van der Waals surface area contributed by atoms with Gasteiger partial charge in [0.2, 0.25) is 0 Å². The van der Waals surface area contributed by atoms with Crippen LogP contribution in [0.25, 0.3) is 0 Å². The van der Waals surface area contributed by atoms with Crippen molar-refractivity contribution in [1.82, 2.24) is 0 Å². The Morgan fingerprint density at radius 3 is 2.56 bits per heavy atom. The summed E-state index contributed by atoms with van der Waals surface area (Å²) in [5, 5.41) is 9.72. The molecule has 0 aliphatic carbocycles. The quantitative estimate of drug-likeness (QED) is 0.823. The summed E-state index contributed by atoms with van der Waals surface area (Å²) in [6.45, 7) is 5.96. The van der Waals surface area contributed by atoms with E-state index in [1.807, 2.05) is 13.8 Å². The van der Waals surface area contributed by atoms with Gasteiger partial charge in [-0.05, 0) is 43.5 Å². The lowest BCUT2D eigenvalue weighted by atomic mass is 9.78. The van der Waals surface area contributed by atoms with Crippen molar-refractivity contribution in [2.75, 3.05) is 6.54 Å². The maximum absolute atomic E-state index is 12.9. The summed E-state index contributed by atoms with van der Waals surface area (Å²) in [5.74, 6) is -0.229. The number of hydrogen-bond donors (Lipinski definition) is 2. The monoisotopic (exact) mass is 225 g/mol. The topological polar surface area (TPSA) is 46.2 Å². The molecule has 0 amide bonds. The Morgan fingerprint density at radius 1 is 1.50 bits per heavy atom. The Kier molecular flexibility index (Phi) is 4.05. The zero-order valence-corrected chi connectivity index (χ0v) is 10.1. The molecule has 0 aliphatic rings. The van der Waals surface area contributed by atoms with Crippen LogP contribution in [0.2, 0.25) is 0 Å². The fourth-order valence-electron chi connectivity index (χ4n) is 1.68. The molecule has 0 saturated heterocycles. The molecule has 3 heteroatoms. The fourth-order valence-corrected chi connectivity index (χ4v) is 1.68. The lowest BCUT2D eigenvalue weighted by molar-refractivity contribution is 0.0588. The van der Waals surface area contributed by atoms with Gasteiger partial charge in [-0.25, -0.2) is 4.39 Å². The molecule has 0 spiro atoms. The summed E-state index contributed by atoms with van der Waals surface area (Å²) >= 11 is 0. The van der Waals surface area contributed by atoms with Crippen molar-refractivity contribution in [3.63, 3.8) is 0 Å². The minimum absolute atomic E-state index is 0.229. The molecule has 1 rings (SSSR count). The molecule has 0 bridgehead atoms. The van der Waals surface area contributed by atoms with Gasteiger partial charge in [0, 0.05) is 12.0 Å². The molecule has 2 nitrogen and oxygen atoms in total. The van der Waals surface area contributed by atoms with E-state index < -0.39 is 6.10 Å². The lowest BCUT2D eigenvalue weighted by Crippen LogP contribution is -2.39. The largest absolute Gasteiger partial charge is 0.393 e. The maximum Gasteiger partial charge on any atom is 0.123 e. The van der Waals surface area contributed by atoms with E-state index in [-0.39, 0.29) is 11.2 Å². The molecule has 16 heavy (non-hydrogen) atoms. The molecule has 90 valence electrons. The van der Waals surface area contributed by atoms with Gasteiger partial charge < -0.3 is 10.8 Å². The summed E-state index contributed by atoms with van der Waals surface area (Å²) in [6.07, 6.45) is 0.176. The summed E-state index contributed by atoms with van der Waals surface area (Å²) in [7, 11) is 0. The van der Waals surface area contributed by atoms with Gasteiger partial charge in [-0.15, -0.1) is 0 Å². The van der Waals surface area contributed by atoms with Crippen LogP contribution < -0.4 is 5.73 Å². The average molecular weight is 225 g/mol. The molecule has 0 heterocycles. The van der Waals surface area contributed by atoms with Crippen LogP contribution in [0.1, 0.15) is 25.0 Å². The molecule has 0 fully saturated rings. The Hall–Kier alpha value is -0.930. The normalized spacial score (nSPS) is 16.9. The minimum atomic E-state index is -0.484. The van der Waals surface area contributed by atoms with Crippen LogP contribution >= 0.6 is 0 Å². The molecular formula is C13H20FNO. The molecule has 2 atom stereocenters. The highest BCUT2D eigenvalue weighted by atomic mass is 19.1. The zero-order valence-electron chi connectivity index (χ0n) is 10.1. The Labute approximate surface area is 96.3 Å². The zero-order chi connectivity index (χ0) is 12.3. The van der Waals surface area contributed by atoms with Crippen LogP contribution in [0.4, 0.5) is 4.39 Å². The third kappa shape index (κ3) is 2.80. The number of aliphatic hydroxyl groups excluding tert-OH is 1. The SMILES string of the molecule is Cc1cc(F)ccc1CC(C)(CN)C(C)O. The molecule has 2 unspecified atom stereocenters. The van der Waals surface area contributed by atoms with E-state index in [1.54, 1.807) is 13.0 Å². The van der Waals surface area contributed by atoms with Gasteiger partial charge in [0.15, 0.2) is 0 Å². The molecular weight excluding hydrogens is 205 g/mol. The van der Waals surface area contributed by atoms with Crippen molar-refractivity contribution in [2.24, 2.45) is 11.1 Å². The molecule has 0 aliphatic heterocycles. The minimum Gasteiger partial charge on any atom is -0.393 e. The van der Waals surface area contributed by atoms with Gasteiger partial charge in [0.1, 0.15) is 5.82 Å². The van der Waals surface area contributed by atoms with E-state index >= 15 is 0 Å². The van der Waals surface area contributed by atoms with Crippen LogP contribution in [0.3, 0.4) is 0 Å². The van der Waals surface area contributed by atoms with Crippen LogP contribution in [0.15, 0.2) is 18.2 Å². The second-order valence-corrected chi connectivity index (χ2v) is 4.78. The fraction of sp³-hybridized carbons (Fsp3) is 0.538. The third-order valence-corrected chi connectivity index (χ3v) is 3.37. The van der Waals surface area contributed by atoms with Crippen LogP contribution in [0.5, 0.6) is 0 Å². The number of benzene rings is 1. The first-order chi connectivity index (χ1) is 7.39. The van der Waals surface area contributed by atoms with Crippen molar-refractivity contribution in [3.05, 3.63) is 35.1 Å². The summed E-state index contributed by atoms with van der Waals surface area (Å²) in [6, 6.07) is 4.72. The number of hydrogen-bond acceptors (Lipinski definition) is 2. The van der Waals surface area contributed by atoms with E-state index in [9.17, 15) is 9.50 Å². The summed E-state index contributed by atoms with van der Waals surface area (Å²) in [5.41, 5.74) is 7.28. The predicted molar refractivity (Wildman–Crippen MR) is 63.7 cm³/mol. The highest BCUT2D eigenvalue weighted by Gasteiger charge is 2.29. The molecule has 0 radical (unpaired) electrons. The smallest absolute Gasteiger partial charge is 0.123 e. The first-order valence-corrected chi connectivity index (χ1v) is 5.52. The number of rotatable bonds is 4. The molecule has 3 N–H and O–H groups in total. The number of halogens is 1. The second-order valence-electron chi connectivity index (χ2n) is 4.78. The van der Waals surface area contributed by atoms with Gasteiger partial charge >= 0.3 is 0 Å². The van der Waals surface area contributed by atoms with E-state index in [4.69, 9.17) is 5.73 Å². The first-order valence-electron chi connectivity index (χ1n) is 5.52. The van der Waals surface area contributed by atoms with Crippen molar-refractivity contribution in [1.29, 1.82) is 0 Å². The maximum atomic E-state index is 12.9. The highest BCUT2D eigenvalue weighted by molar-refractivity contribution is 5.27. The molecule has 1 aromatic carbocycles. The Balaban J connectivity index is 2.95. The van der Waals surface area contributed by atoms with Gasteiger partial charge in [0.05, 0.1) is 6.10 Å². The third-order valence-electron chi connectivity index (χ3n) is 3.37. The lowest BCUT2D eigenvalue weighted by Gasteiger charge is -2.31. The van der Waals surface area contributed by atoms with Gasteiger partial charge in [-0.2, -0.15) is 0 Å². The van der Waals surface area contributed by atoms with Gasteiger partial charge in [-0.3, -0.25) is 0 Å².